The van der Waals surface area contributed by atoms with Gasteiger partial charge in [-0.1, -0.05) is 29.3 Å². The molecular formula is C14H14Cl2F3N3OS. The first-order chi connectivity index (χ1) is 11.2. The van der Waals surface area contributed by atoms with Gasteiger partial charge in [0.1, 0.15) is 0 Å². The van der Waals surface area contributed by atoms with Gasteiger partial charge in [-0.15, -0.1) is 0 Å². The second-order valence-corrected chi connectivity index (χ2v) is 6.51. The summed E-state index contributed by atoms with van der Waals surface area (Å²) in [5, 5.41) is 6.26. The second kappa shape index (κ2) is 7.76. The van der Waals surface area contributed by atoms with Crippen molar-refractivity contribution in [2.75, 3.05) is 13.1 Å². The number of alkyl halides is 3. The van der Waals surface area contributed by atoms with Gasteiger partial charge in [0, 0.05) is 25.7 Å². The highest BCUT2D eigenvalue weighted by Gasteiger charge is 2.40. The van der Waals surface area contributed by atoms with Crippen LogP contribution in [0.15, 0.2) is 18.2 Å². The molecule has 2 rings (SSSR count). The number of hydrogen-bond acceptors (Lipinski definition) is 2. The smallest absolute Gasteiger partial charge is 0.358 e. The molecular weight excluding hydrogens is 386 g/mol. The molecule has 1 aromatic rings. The number of thiocarbonyl (C=S) groups is 1. The molecule has 4 nitrogen and oxygen atoms in total. The van der Waals surface area contributed by atoms with E-state index in [-0.39, 0.29) is 6.54 Å². The molecule has 1 aliphatic heterocycles. The number of likely N-dealkylation sites (tertiary alicyclic amines) is 1. The van der Waals surface area contributed by atoms with Crippen LogP contribution in [-0.2, 0) is 11.3 Å². The van der Waals surface area contributed by atoms with Crippen LogP contribution in [0.2, 0.25) is 10.0 Å². The molecule has 1 heterocycles. The molecule has 132 valence electrons. The van der Waals surface area contributed by atoms with Gasteiger partial charge < -0.3 is 15.5 Å². The van der Waals surface area contributed by atoms with Gasteiger partial charge >= 0.3 is 12.1 Å². The first-order valence-corrected chi connectivity index (χ1v) is 8.17. The Morgan fingerprint density at radius 1 is 1.33 bits per heavy atom. The largest absolute Gasteiger partial charge is 0.471 e. The molecule has 0 spiro atoms. The monoisotopic (exact) mass is 399 g/mol. The van der Waals surface area contributed by atoms with Gasteiger partial charge in [0.15, 0.2) is 5.11 Å². The fourth-order valence-corrected chi connectivity index (χ4v) is 2.83. The Hall–Kier alpha value is -1.25. The molecule has 1 saturated heterocycles. The zero-order valence-corrected chi connectivity index (χ0v) is 14.6. The van der Waals surface area contributed by atoms with Crippen LogP contribution in [0.25, 0.3) is 0 Å². The lowest BCUT2D eigenvalue weighted by molar-refractivity contribution is -0.174. The average Bonchev–Trinajstić information content (AvgIpc) is 2.96. The standard InChI is InChI=1S/C14H14Cl2F3N3OS/c15-10-2-1-8(5-11(10)16)6-20-13(24)22-4-3-9(7-22)21-12(23)14(17,18)19/h1-2,5,9H,3-4,6-7H2,(H,20,24)(H,21,23). The fourth-order valence-electron chi connectivity index (χ4n) is 2.27. The maximum absolute atomic E-state index is 12.2. The molecule has 0 bridgehead atoms. The average molecular weight is 400 g/mol. The molecule has 0 radical (unpaired) electrons. The van der Waals surface area contributed by atoms with Crippen LogP contribution in [0, 0.1) is 0 Å². The SMILES string of the molecule is O=C(NC1CCN(C(=S)NCc2ccc(Cl)c(Cl)c2)C1)C(F)(F)F. The van der Waals surface area contributed by atoms with Crippen LogP contribution in [0.3, 0.4) is 0 Å². The Labute approximate surface area is 152 Å². The zero-order valence-electron chi connectivity index (χ0n) is 12.3. The predicted octanol–water partition coefficient (Wildman–Crippen LogP) is 3.12. The molecule has 1 amide bonds. The molecule has 10 heteroatoms. The molecule has 1 unspecified atom stereocenters. The maximum atomic E-state index is 12.2. The van der Waals surface area contributed by atoms with Crippen molar-refractivity contribution < 1.29 is 18.0 Å². The van der Waals surface area contributed by atoms with Gasteiger partial charge in [0.2, 0.25) is 0 Å². The topological polar surface area (TPSA) is 44.4 Å². The Morgan fingerprint density at radius 2 is 2.04 bits per heavy atom. The van der Waals surface area contributed by atoms with Crippen molar-refractivity contribution in [3.8, 4) is 0 Å². The number of benzene rings is 1. The summed E-state index contributed by atoms with van der Waals surface area (Å²) < 4.78 is 36.7. The molecule has 0 aliphatic carbocycles. The first kappa shape index (κ1) is 19.1. The quantitative estimate of drug-likeness (QED) is 0.766. The van der Waals surface area contributed by atoms with Crippen molar-refractivity contribution in [1.82, 2.24) is 15.5 Å². The summed E-state index contributed by atoms with van der Waals surface area (Å²) >= 11 is 17.0. The van der Waals surface area contributed by atoms with E-state index in [2.05, 4.69) is 5.32 Å². The minimum absolute atomic E-state index is 0.231. The van der Waals surface area contributed by atoms with E-state index < -0.39 is 18.1 Å². The van der Waals surface area contributed by atoms with Crippen LogP contribution in [0.4, 0.5) is 13.2 Å². The molecule has 2 N–H and O–H groups in total. The van der Waals surface area contributed by atoms with E-state index in [1.54, 1.807) is 23.1 Å². The normalized spacial score (nSPS) is 17.7. The zero-order chi connectivity index (χ0) is 17.9. The van der Waals surface area contributed by atoms with E-state index in [9.17, 15) is 18.0 Å². The van der Waals surface area contributed by atoms with Crippen molar-refractivity contribution >= 4 is 46.4 Å². The minimum atomic E-state index is -4.87. The Balaban J connectivity index is 1.81. The summed E-state index contributed by atoms with van der Waals surface area (Å²) in [5.41, 5.74) is 0.868. The molecule has 0 aromatic heterocycles. The summed E-state index contributed by atoms with van der Waals surface area (Å²) in [6.07, 6.45) is -4.48. The summed E-state index contributed by atoms with van der Waals surface area (Å²) in [6.45, 7) is 1.11. The van der Waals surface area contributed by atoms with Gasteiger partial charge in [0.05, 0.1) is 10.0 Å². The number of halogens is 5. The Bertz CT molecular complexity index is 642. The Kier molecular flexibility index (Phi) is 6.17. The summed E-state index contributed by atoms with van der Waals surface area (Å²) in [4.78, 5) is 12.7. The third-order valence-corrected chi connectivity index (χ3v) is 4.64. The summed E-state index contributed by atoms with van der Waals surface area (Å²) in [6, 6.07) is 4.59. The van der Waals surface area contributed by atoms with Crippen LogP contribution >= 0.6 is 35.4 Å². The second-order valence-electron chi connectivity index (χ2n) is 5.31. The molecule has 1 fully saturated rings. The lowest BCUT2D eigenvalue weighted by atomic mass is 10.2. The maximum Gasteiger partial charge on any atom is 0.471 e. The third-order valence-electron chi connectivity index (χ3n) is 3.50. The highest BCUT2D eigenvalue weighted by molar-refractivity contribution is 7.80. The molecule has 1 aromatic carbocycles. The van der Waals surface area contributed by atoms with E-state index in [1.807, 2.05) is 5.32 Å². The summed E-state index contributed by atoms with van der Waals surface area (Å²) in [7, 11) is 0. The van der Waals surface area contributed by atoms with E-state index in [0.29, 0.717) is 34.7 Å². The number of carbonyl (C=O) groups excluding carboxylic acids is 1. The van der Waals surface area contributed by atoms with Gasteiger partial charge in [-0.3, -0.25) is 4.79 Å². The molecule has 1 aliphatic rings. The van der Waals surface area contributed by atoms with Crippen molar-refractivity contribution in [2.45, 2.75) is 25.2 Å². The van der Waals surface area contributed by atoms with Gasteiger partial charge in [0.25, 0.3) is 0 Å². The van der Waals surface area contributed by atoms with Crippen molar-refractivity contribution in [3.63, 3.8) is 0 Å². The number of carbonyl (C=O) groups is 1. The highest BCUT2D eigenvalue weighted by Crippen LogP contribution is 2.22. The fraction of sp³-hybridized carbons (Fsp3) is 0.429. The van der Waals surface area contributed by atoms with Crippen LogP contribution < -0.4 is 10.6 Å². The number of nitrogens with one attached hydrogen (secondary N) is 2. The minimum Gasteiger partial charge on any atom is -0.358 e. The lowest BCUT2D eigenvalue weighted by Crippen LogP contribution is -2.45. The number of rotatable bonds is 3. The number of amides is 1. The number of hydrogen-bond donors (Lipinski definition) is 2. The lowest BCUT2D eigenvalue weighted by Gasteiger charge is -2.21. The van der Waals surface area contributed by atoms with Crippen molar-refractivity contribution in [1.29, 1.82) is 0 Å². The van der Waals surface area contributed by atoms with Crippen LogP contribution in [-0.4, -0.2) is 41.2 Å². The summed E-state index contributed by atoms with van der Waals surface area (Å²) in [5.74, 6) is -1.93. The number of nitrogens with zero attached hydrogens (tertiary/aromatic N) is 1. The first-order valence-electron chi connectivity index (χ1n) is 7.01. The molecule has 0 saturated carbocycles. The third kappa shape index (κ3) is 5.12. The molecule has 1 atom stereocenters. The van der Waals surface area contributed by atoms with Gasteiger partial charge in [-0.2, -0.15) is 13.2 Å². The predicted molar refractivity (Wildman–Crippen MR) is 90.1 cm³/mol. The van der Waals surface area contributed by atoms with Gasteiger partial charge in [-0.05, 0) is 36.3 Å². The van der Waals surface area contributed by atoms with E-state index in [1.165, 1.54) is 0 Å². The molecule has 24 heavy (non-hydrogen) atoms. The van der Waals surface area contributed by atoms with Crippen molar-refractivity contribution in [3.05, 3.63) is 33.8 Å². The van der Waals surface area contributed by atoms with Crippen molar-refractivity contribution in [2.24, 2.45) is 0 Å². The van der Waals surface area contributed by atoms with Gasteiger partial charge in [-0.25, -0.2) is 0 Å². The van der Waals surface area contributed by atoms with E-state index >= 15 is 0 Å². The highest BCUT2D eigenvalue weighted by atomic mass is 35.5. The van der Waals surface area contributed by atoms with Crippen LogP contribution in [0.5, 0.6) is 0 Å². The van der Waals surface area contributed by atoms with Crippen LogP contribution in [0.1, 0.15) is 12.0 Å². The van der Waals surface area contributed by atoms with E-state index in [4.69, 9.17) is 35.4 Å². The Morgan fingerprint density at radius 3 is 2.67 bits per heavy atom. The van der Waals surface area contributed by atoms with E-state index in [0.717, 1.165) is 5.56 Å².